The lowest BCUT2D eigenvalue weighted by atomic mass is 10.1. The molecule has 0 aliphatic heterocycles. The van der Waals surface area contributed by atoms with E-state index in [1.54, 1.807) is 23.1 Å². The van der Waals surface area contributed by atoms with Crippen LogP contribution in [-0.2, 0) is 0 Å². The molecule has 2 nitrogen and oxygen atoms in total. The van der Waals surface area contributed by atoms with E-state index in [0.29, 0.717) is 0 Å². The van der Waals surface area contributed by atoms with Crippen molar-refractivity contribution >= 4 is 23.1 Å². The number of hydrogen-bond donors (Lipinski definition) is 1. The van der Waals surface area contributed by atoms with Crippen LogP contribution in [-0.4, -0.2) is 4.98 Å². The third-order valence-corrected chi connectivity index (χ3v) is 3.99. The van der Waals surface area contributed by atoms with Gasteiger partial charge in [-0.2, -0.15) is 0 Å². The summed E-state index contributed by atoms with van der Waals surface area (Å²) in [5, 5.41) is 1.98. The highest BCUT2D eigenvalue weighted by Gasteiger charge is 2.08. The molecule has 2 aromatic rings. The molecule has 15 heavy (non-hydrogen) atoms. The molecule has 0 radical (unpaired) electrons. The molecule has 78 valence electrons. The van der Waals surface area contributed by atoms with Gasteiger partial charge < -0.3 is 5.73 Å². The van der Waals surface area contributed by atoms with Crippen LogP contribution in [0.3, 0.4) is 0 Å². The van der Waals surface area contributed by atoms with Crippen LogP contribution in [0, 0.1) is 0 Å². The predicted molar refractivity (Wildman–Crippen MR) is 65.3 cm³/mol. The molecular formula is C11H12N2S2. The topological polar surface area (TPSA) is 38.9 Å². The number of thiazole rings is 1. The zero-order valence-electron chi connectivity index (χ0n) is 8.38. The van der Waals surface area contributed by atoms with Gasteiger partial charge in [0.25, 0.3) is 0 Å². The summed E-state index contributed by atoms with van der Waals surface area (Å²) >= 11 is 3.33. The van der Waals surface area contributed by atoms with Crippen molar-refractivity contribution in [1.82, 2.24) is 4.98 Å². The summed E-state index contributed by atoms with van der Waals surface area (Å²) in [6, 6.07) is 8.27. The van der Waals surface area contributed by atoms with Gasteiger partial charge in [-0.25, -0.2) is 4.98 Å². The van der Waals surface area contributed by atoms with Gasteiger partial charge in [0.15, 0.2) is 4.34 Å². The van der Waals surface area contributed by atoms with E-state index in [9.17, 15) is 0 Å². The van der Waals surface area contributed by atoms with Crippen LogP contribution < -0.4 is 5.73 Å². The summed E-state index contributed by atoms with van der Waals surface area (Å²) in [6.07, 6.45) is 1.82. The Labute approximate surface area is 97.5 Å². The summed E-state index contributed by atoms with van der Waals surface area (Å²) in [7, 11) is 0. The highest BCUT2D eigenvalue weighted by atomic mass is 32.2. The Kier molecular flexibility index (Phi) is 3.41. The first-order chi connectivity index (χ1) is 7.27. The van der Waals surface area contributed by atoms with Crippen molar-refractivity contribution in [3.05, 3.63) is 41.4 Å². The summed E-state index contributed by atoms with van der Waals surface area (Å²) in [5.41, 5.74) is 7.09. The number of rotatable bonds is 3. The molecule has 1 heterocycles. The maximum atomic E-state index is 5.91. The van der Waals surface area contributed by atoms with Gasteiger partial charge in [-0.1, -0.05) is 30.0 Å². The van der Waals surface area contributed by atoms with Gasteiger partial charge in [0.1, 0.15) is 0 Å². The molecule has 1 atom stereocenters. The lowest BCUT2D eigenvalue weighted by Crippen LogP contribution is -2.05. The average Bonchev–Trinajstić information content (AvgIpc) is 2.71. The van der Waals surface area contributed by atoms with Crippen molar-refractivity contribution in [3.63, 3.8) is 0 Å². The monoisotopic (exact) mass is 236 g/mol. The number of nitrogens with zero attached hydrogens (tertiary/aromatic N) is 1. The molecule has 2 rings (SSSR count). The van der Waals surface area contributed by atoms with E-state index in [1.165, 1.54) is 10.5 Å². The zero-order valence-corrected chi connectivity index (χ0v) is 10.0. The lowest BCUT2D eigenvalue weighted by Gasteiger charge is -2.10. The fourth-order valence-electron chi connectivity index (χ4n) is 1.30. The van der Waals surface area contributed by atoms with Gasteiger partial charge in [-0.15, -0.1) is 11.3 Å². The molecule has 0 aliphatic rings. The highest BCUT2D eigenvalue weighted by molar-refractivity contribution is 8.01. The molecule has 0 spiro atoms. The minimum absolute atomic E-state index is 0.0636. The maximum Gasteiger partial charge on any atom is 0.154 e. The normalized spacial score (nSPS) is 12.7. The predicted octanol–water partition coefficient (Wildman–Crippen LogP) is 3.31. The first kappa shape index (κ1) is 10.7. The highest BCUT2D eigenvalue weighted by Crippen LogP contribution is 2.33. The number of benzene rings is 1. The lowest BCUT2D eigenvalue weighted by molar-refractivity contribution is 0.797. The second-order valence-electron chi connectivity index (χ2n) is 3.23. The smallest absolute Gasteiger partial charge is 0.154 e. The average molecular weight is 236 g/mol. The fraction of sp³-hybridized carbons (Fsp3) is 0.182. The van der Waals surface area contributed by atoms with E-state index in [1.807, 2.05) is 30.6 Å². The minimum atomic E-state index is 0.0636. The molecule has 0 saturated carbocycles. The molecule has 4 heteroatoms. The van der Waals surface area contributed by atoms with Crippen LogP contribution in [0.4, 0.5) is 0 Å². The van der Waals surface area contributed by atoms with Crippen LogP contribution in [0.25, 0.3) is 0 Å². The van der Waals surface area contributed by atoms with Gasteiger partial charge in [0, 0.05) is 22.5 Å². The van der Waals surface area contributed by atoms with Crippen LogP contribution in [0.1, 0.15) is 18.5 Å². The van der Waals surface area contributed by atoms with Gasteiger partial charge in [-0.3, -0.25) is 0 Å². The largest absolute Gasteiger partial charge is 0.324 e. The minimum Gasteiger partial charge on any atom is -0.324 e. The van der Waals surface area contributed by atoms with Crippen LogP contribution >= 0.6 is 23.1 Å². The third kappa shape index (κ3) is 2.59. The van der Waals surface area contributed by atoms with E-state index in [2.05, 4.69) is 17.1 Å². The molecule has 1 aromatic carbocycles. The molecular weight excluding hydrogens is 224 g/mol. The van der Waals surface area contributed by atoms with Crippen molar-refractivity contribution in [3.8, 4) is 0 Å². The third-order valence-electron chi connectivity index (χ3n) is 2.02. The van der Waals surface area contributed by atoms with Gasteiger partial charge in [0.2, 0.25) is 0 Å². The first-order valence-corrected chi connectivity index (χ1v) is 6.39. The maximum absolute atomic E-state index is 5.91. The molecule has 1 aromatic heterocycles. The Balaban J connectivity index is 2.28. The summed E-state index contributed by atoms with van der Waals surface area (Å²) in [5.74, 6) is 0. The SMILES string of the molecule is CC(N)c1ccccc1Sc1nccs1. The Hall–Kier alpha value is -0.840. The van der Waals surface area contributed by atoms with Crippen molar-refractivity contribution < 1.29 is 0 Å². The van der Waals surface area contributed by atoms with Crippen LogP contribution in [0.5, 0.6) is 0 Å². The molecule has 1 unspecified atom stereocenters. The number of aromatic nitrogens is 1. The van der Waals surface area contributed by atoms with E-state index >= 15 is 0 Å². The van der Waals surface area contributed by atoms with Crippen molar-refractivity contribution in [2.75, 3.05) is 0 Å². The second-order valence-corrected chi connectivity index (χ2v) is 5.41. The van der Waals surface area contributed by atoms with Gasteiger partial charge in [0.05, 0.1) is 0 Å². The number of hydrogen-bond acceptors (Lipinski definition) is 4. The van der Waals surface area contributed by atoms with Gasteiger partial charge >= 0.3 is 0 Å². The Morgan fingerprint density at radius 2 is 2.20 bits per heavy atom. The van der Waals surface area contributed by atoms with Crippen molar-refractivity contribution in [2.24, 2.45) is 5.73 Å². The van der Waals surface area contributed by atoms with E-state index in [4.69, 9.17) is 5.73 Å². The van der Waals surface area contributed by atoms with E-state index in [0.717, 1.165) is 4.34 Å². The molecule has 0 fully saturated rings. The van der Waals surface area contributed by atoms with Crippen molar-refractivity contribution in [2.45, 2.75) is 22.2 Å². The Bertz CT molecular complexity index is 424. The molecule has 0 aliphatic carbocycles. The zero-order chi connectivity index (χ0) is 10.7. The molecule has 0 bridgehead atoms. The first-order valence-electron chi connectivity index (χ1n) is 4.69. The summed E-state index contributed by atoms with van der Waals surface area (Å²) in [6.45, 7) is 2.00. The second kappa shape index (κ2) is 4.79. The van der Waals surface area contributed by atoms with E-state index < -0.39 is 0 Å². The Morgan fingerprint density at radius 3 is 2.87 bits per heavy atom. The summed E-state index contributed by atoms with van der Waals surface area (Å²) < 4.78 is 1.06. The molecule has 0 saturated heterocycles. The van der Waals surface area contributed by atoms with Crippen LogP contribution in [0.15, 0.2) is 45.1 Å². The Morgan fingerprint density at radius 1 is 1.40 bits per heavy atom. The fourth-order valence-corrected chi connectivity index (χ4v) is 3.11. The molecule has 2 N–H and O–H groups in total. The summed E-state index contributed by atoms with van der Waals surface area (Å²) in [4.78, 5) is 5.45. The van der Waals surface area contributed by atoms with Gasteiger partial charge in [-0.05, 0) is 18.6 Å². The quantitative estimate of drug-likeness (QED) is 0.888. The van der Waals surface area contributed by atoms with Crippen molar-refractivity contribution in [1.29, 1.82) is 0 Å². The standard InChI is InChI=1S/C11H12N2S2/c1-8(12)9-4-2-3-5-10(9)15-11-13-6-7-14-11/h2-8H,12H2,1H3. The molecule has 0 amide bonds. The number of nitrogens with two attached hydrogens (primary N) is 1. The van der Waals surface area contributed by atoms with Crippen LogP contribution in [0.2, 0.25) is 0 Å². The van der Waals surface area contributed by atoms with E-state index in [-0.39, 0.29) is 6.04 Å².